The molecule has 11 aromatic carbocycles. The first kappa shape index (κ1) is 65.9. The minimum absolute atomic E-state index is 0.0310. The van der Waals surface area contributed by atoms with Crippen LogP contribution in [0.2, 0.25) is 0 Å². The number of para-hydroxylation sites is 1. The third-order valence-corrected chi connectivity index (χ3v) is 20.4. The second-order valence-corrected chi connectivity index (χ2v) is 29.5. The molecule has 0 spiro atoms. The molecule has 2 aliphatic heterocycles. The summed E-state index contributed by atoms with van der Waals surface area (Å²) in [5, 5.41) is 8.56. The van der Waals surface area contributed by atoms with Crippen molar-refractivity contribution in [1.82, 2.24) is 0 Å². The van der Waals surface area contributed by atoms with Gasteiger partial charge in [-0.2, -0.15) is 33.7 Å². The Hall–Kier alpha value is -10.7. The monoisotopic (exact) mass is 1400 g/mol. The fourth-order valence-electron chi connectivity index (χ4n) is 12.5. The van der Waals surface area contributed by atoms with Crippen molar-refractivity contribution >= 4 is 125 Å². The molecule has 5 N–H and O–H groups in total. The van der Waals surface area contributed by atoms with Gasteiger partial charge in [0.2, 0.25) is 0 Å². The first-order chi connectivity index (χ1) is 46.3. The predicted octanol–water partition coefficient (Wildman–Crippen LogP) is 14.1. The number of hydrogen-bond donors (Lipinski definition) is 5. The topological polar surface area (TPSA) is 366 Å². The summed E-state index contributed by atoms with van der Waals surface area (Å²) >= 11 is 0. The molecule has 2 heterocycles. The molecular weight excluding hydrogens is 1350 g/mol. The summed E-state index contributed by atoms with van der Waals surface area (Å²) in [6.45, 7) is 7.51. The number of carboxylic acid groups (broad SMARTS) is 1. The first-order valence-corrected chi connectivity index (χ1v) is 35.6. The Kier molecular flexibility index (Phi) is 16.2. The minimum Gasteiger partial charge on any atom is -0.481 e. The molecule has 2 aliphatic rings. The third-order valence-electron chi connectivity index (χ3n) is 16.9. The number of anilines is 2. The number of nitrogens with zero attached hydrogens (tertiary/aromatic N) is 2. The normalized spacial score (nSPS) is 13.7. The van der Waals surface area contributed by atoms with Crippen LogP contribution < -0.4 is 28.7 Å². The number of aryl methyl sites for hydroxylation is 1. The lowest BCUT2D eigenvalue weighted by Gasteiger charge is -2.34. The van der Waals surface area contributed by atoms with Crippen LogP contribution in [0.1, 0.15) is 110 Å². The number of hydrogen-bond acceptors (Lipinski definition) is 17. The van der Waals surface area contributed by atoms with Gasteiger partial charge in [0.05, 0.1) is 53.2 Å². The molecule has 98 heavy (non-hydrogen) atoms. The average Bonchev–Trinajstić information content (AvgIpc) is 0.678. The Balaban J connectivity index is 1.23. The summed E-state index contributed by atoms with van der Waals surface area (Å²) in [6.07, 6.45) is 0.430. The highest BCUT2D eigenvalue weighted by Gasteiger charge is 2.44. The summed E-state index contributed by atoms with van der Waals surface area (Å²) in [4.78, 5) is 75.1. The second-order valence-electron chi connectivity index (χ2n) is 23.8. The Morgan fingerprint density at radius 2 is 0.673 bits per heavy atom. The van der Waals surface area contributed by atoms with Crippen molar-refractivity contribution in [2.45, 2.75) is 78.4 Å². The van der Waals surface area contributed by atoms with E-state index < -0.39 is 89.7 Å². The van der Waals surface area contributed by atoms with E-state index in [1.165, 1.54) is 84.9 Å². The standard InChI is InChI=1S/C70H52N2O22S4/c1-35(2)47-8-6-9-48(36(3)4)66(47)72-69(77)51-33-55(93-41-19-27-45(28-20-41)97(85,86)87)62-60-53(91-39-15-23-43(24-16-39)95(79,80)81)31-49-58-50(68(76)71(67(49)75)38-13-11-37(12-14-38)7-5-10-57(73)74)32-54(92-40-17-25-44(26-18-40)96(82,83)84)61(64(58)60)63-56(34-52(70(72)78)59(51)65(62)63)94-42-21-29-46(30-22-42)98(88,89)90/h6,8-9,11-36H,5,7,10H2,1-4H3,(H,73,74)(H,79,80,81)(H,82,83,84)(H,85,86,87)(H,88,89,90). The number of carboxylic acids is 1. The van der Waals surface area contributed by atoms with E-state index in [0.29, 0.717) is 23.1 Å². The van der Waals surface area contributed by atoms with Crippen LogP contribution in [-0.4, -0.2) is 86.6 Å². The first-order valence-electron chi connectivity index (χ1n) is 29.9. The van der Waals surface area contributed by atoms with E-state index in [1.54, 1.807) is 30.3 Å². The van der Waals surface area contributed by atoms with Gasteiger partial charge in [-0.1, -0.05) is 58.0 Å². The maximum Gasteiger partial charge on any atom is 0.303 e. The second kappa shape index (κ2) is 24.1. The number of carbonyl (C=O) groups excluding carboxylic acids is 4. The van der Waals surface area contributed by atoms with Crippen LogP contribution in [0.25, 0.3) is 43.1 Å². The Morgan fingerprint density at radius 3 is 0.939 bits per heavy atom. The number of fused-ring (bicyclic) bond motifs is 2. The molecular formula is C70H52N2O22S4. The summed E-state index contributed by atoms with van der Waals surface area (Å²) in [7, 11) is -19.3. The highest BCUT2D eigenvalue weighted by molar-refractivity contribution is 7.86. The van der Waals surface area contributed by atoms with E-state index in [2.05, 4.69) is 0 Å². The van der Waals surface area contributed by atoms with E-state index in [-0.39, 0.29) is 147 Å². The molecule has 4 amide bonds. The zero-order valence-corrected chi connectivity index (χ0v) is 54.8. The molecule has 0 radical (unpaired) electrons. The zero-order chi connectivity index (χ0) is 70.0. The Bertz CT molecular complexity index is 5440. The predicted molar refractivity (Wildman–Crippen MR) is 357 cm³/mol. The van der Waals surface area contributed by atoms with E-state index in [0.717, 1.165) is 58.3 Å². The van der Waals surface area contributed by atoms with E-state index in [1.807, 2.05) is 27.7 Å². The van der Waals surface area contributed by atoms with Crippen LogP contribution in [0.4, 0.5) is 11.4 Å². The molecule has 0 fully saturated rings. The summed E-state index contributed by atoms with van der Waals surface area (Å²) in [5.74, 6) is -7.03. The number of ether oxygens (including phenoxy) is 4. The molecule has 0 aromatic heterocycles. The van der Waals surface area contributed by atoms with E-state index in [4.69, 9.17) is 18.9 Å². The van der Waals surface area contributed by atoms with Gasteiger partial charge in [0.25, 0.3) is 64.1 Å². The Labute approximate surface area is 558 Å². The lowest BCUT2D eigenvalue weighted by Crippen LogP contribution is -2.42. The molecule has 0 bridgehead atoms. The van der Waals surface area contributed by atoms with Crippen molar-refractivity contribution in [1.29, 1.82) is 0 Å². The van der Waals surface area contributed by atoms with Gasteiger partial charge in [0.15, 0.2) is 0 Å². The summed E-state index contributed by atoms with van der Waals surface area (Å²) in [6, 6.07) is 34.4. The van der Waals surface area contributed by atoms with Crippen molar-refractivity contribution in [2.24, 2.45) is 0 Å². The highest BCUT2D eigenvalue weighted by Crippen LogP contribution is 2.59. The van der Waals surface area contributed by atoms with Crippen molar-refractivity contribution in [3.8, 4) is 46.0 Å². The molecule has 498 valence electrons. The SMILES string of the molecule is CC(C)c1cccc(C(C)C)c1N1C(=O)c2cc(Oc3ccc(S(=O)(=O)O)cc3)c3c4c(Oc5ccc(S(=O)(=O)O)cc5)cc5c6c(cc(Oc7ccc(S(=O)(=O)O)cc7)c(c7c(Oc8ccc(S(=O)(=O)O)cc8)cc(c2c37)C1=O)c64)C(=O)N(c1ccc(CCCC(=O)O)cc1)C5=O. The number of amides is 4. The lowest BCUT2D eigenvalue weighted by molar-refractivity contribution is -0.137. The molecule has 0 aliphatic carbocycles. The van der Waals surface area contributed by atoms with Crippen molar-refractivity contribution < 1.29 is 99.9 Å². The van der Waals surface area contributed by atoms with Gasteiger partial charge in [-0.3, -0.25) is 42.2 Å². The number of rotatable bonds is 20. The maximum absolute atomic E-state index is 16.2. The van der Waals surface area contributed by atoms with Crippen molar-refractivity contribution in [3.05, 3.63) is 203 Å². The number of imide groups is 2. The summed E-state index contributed by atoms with van der Waals surface area (Å²) < 4.78 is 168. The molecule has 11 aromatic rings. The molecule has 28 heteroatoms. The summed E-state index contributed by atoms with van der Waals surface area (Å²) in [5.41, 5.74) is 1.25. The van der Waals surface area contributed by atoms with Crippen molar-refractivity contribution in [2.75, 3.05) is 9.80 Å². The molecule has 24 nitrogen and oxygen atoms in total. The van der Waals surface area contributed by atoms with Crippen LogP contribution >= 0.6 is 0 Å². The number of aliphatic carboxylic acids is 1. The van der Waals surface area contributed by atoms with Gasteiger partial charge in [-0.05, 0) is 175 Å². The average molecular weight is 1400 g/mol. The largest absolute Gasteiger partial charge is 0.481 e. The minimum atomic E-state index is -4.82. The highest BCUT2D eigenvalue weighted by atomic mass is 32.2. The lowest BCUT2D eigenvalue weighted by atomic mass is 9.80. The van der Waals surface area contributed by atoms with Crippen LogP contribution in [-0.2, 0) is 51.7 Å². The smallest absolute Gasteiger partial charge is 0.303 e. The molecule has 0 unspecified atom stereocenters. The van der Waals surface area contributed by atoms with Gasteiger partial charge in [0.1, 0.15) is 46.0 Å². The zero-order valence-electron chi connectivity index (χ0n) is 51.6. The maximum atomic E-state index is 16.2. The van der Waals surface area contributed by atoms with E-state index >= 15 is 19.2 Å². The number of carbonyl (C=O) groups is 5. The number of benzene rings is 11. The molecule has 13 rings (SSSR count). The third kappa shape index (κ3) is 11.7. The van der Waals surface area contributed by atoms with Gasteiger partial charge < -0.3 is 24.1 Å². The van der Waals surface area contributed by atoms with Gasteiger partial charge >= 0.3 is 5.97 Å². The van der Waals surface area contributed by atoms with Crippen LogP contribution in [0, 0.1) is 0 Å². The fraction of sp³-hybridized carbons (Fsp3) is 0.129. The Morgan fingerprint density at radius 1 is 0.388 bits per heavy atom. The van der Waals surface area contributed by atoms with Gasteiger partial charge in [-0.25, -0.2) is 9.80 Å². The van der Waals surface area contributed by atoms with E-state index in [9.17, 15) is 61.8 Å². The molecule has 0 saturated heterocycles. The van der Waals surface area contributed by atoms with Gasteiger partial charge in [-0.15, -0.1) is 0 Å². The van der Waals surface area contributed by atoms with Crippen LogP contribution in [0.15, 0.2) is 183 Å². The van der Waals surface area contributed by atoms with Crippen LogP contribution in [0.3, 0.4) is 0 Å². The van der Waals surface area contributed by atoms with Gasteiger partial charge in [0, 0.05) is 49.5 Å². The fourth-order valence-corrected chi connectivity index (χ4v) is 14.4. The quantitative estimate of drug-likeness (QED) is 0.0205. The molecule has 0 atom stereocenters. The molecule has 0 saturated carbocycles. The van der Waals surface area contributed by atoms with Crippen LogP contribution in [0.5, 0.6) is 46.0 Å². The van der Waals surface area contributed by atoms with Crippen molar-refractivity contribution in [3.63, 3.8) is 0 Å².